The highest BCUT2D eigenvalue weighted by atomic mass is 35.5. The summed E-state index contributed by atoms with van der Waals surface area (Å²) in [4.78, 5) is 24.8. The molecule has 3 rings (SSSR count). The second-order valence-corrected chi connectivity index (χ2v) is 9.44. The van der Waals surface area contributed by atoms with E-state index >= 15 is 0 Å². The van der Waals surface area contributed by atoms with E-state index in [0.717, 1.165) is 11.1 Å². The lowest BCUT2D eigenvalue weighted by molar-refractivity contribution is -0.118. The third kappa shape index (κ3) is 6.59. The van der Waals surface area contributed by atoms with E-state index in [-0.39, 0.29) is 23.8 Å². The summed E-state index contributed by atoms with van der Waals surface area (Å²) in [6.45, 7) is 10.1. The lowest BCUT2D eigenvalue weighted by atomic mass is 9.87. The minimum absolute atomic E-state index is 0.0347. The SMILES string of the molecule is Cc1cc(OCC(=O)Nc2ccc(NC(=O)c3ccc(C(C)(C)C)cc3)cc2)cc(C)c1Cl. The molecule has 33 heavy (non-hydrogen) atoms. The van der Waals surface area contributed by atoms with Gasteiger partial charge in [-0.05, 0) is 84.5 Å². The van der Waals surface area contributed by atoms with E-state index in [1.54, 1.807) is 36.4 Å². The molecule has 0 unspecified atom stereocenters. The van der Waals surface area contributed by atoms with Crippen LogP contribution in [-0.4, -0.2) is 18.4 Å². The molecule has 172 valence electrons. The zero-order chi connectivity index (χ0) is 24.2. The van der Waals surface area contributed by atoms with Crippen LogP contribution in [-0.2, 0) is 10.2 Å². The number of amides is 2. The summed E-state index contributed by atoms with van der Waals surface area (Å²) >= 11 is 6.16. The van der Waals surface area contributed by atoms with Crippen LogP contribution in [0.15, 0.2) is 60.7 Å². The van der Waals surface area contributed by atoms with Gasteiger partial charge >= 0.3 is 0 Å². The number of anilines is 2. The maximum Gasteiger partial charge on any atom is 0.262 e. The van der Waals surface area contributed by atoms with Crippen LogP contribution in [0.1, 0.15) is 47.8 Å². The largest absolute Gasteiger partial charge is 0.484 e. The van der Waals surface area contributed by atoms with E-state index in [0.29, 0.717) is 27.7 Å². The van der Waals surface area contributed by atoms with Gasteiger partial charge in [0.1, 0.15) is 5.75 Å². The number of aryl methyl sites for hydroxylation is 2. The van der Waals surface area contributed by atoms with Gasteiger partial charge in [-0.3, -0.25) is 9.59 Å². The number of nitrogens with one attached hydrogen (secondary N) is 2. The molecule has 3 aromatic carbocycles. The van der Waals surface area contributed by atoms with Crippen molar-refractivity contribution in [2.45, 2.75) is 40.0 Å². The second kappa shape index (κ2) is 10.1. The molecule has 5 nitrogen and oxygen atoms in total. The van der Waals surface area contributed by atoms with Gasteiger partial charge in [-0.15, -0.1) is 0 Å². The smallest absolute Gasteiger partial charge is 0.262 e. The van der Waals surface area contributed by atoms with Crippen molar-refractivity contribution in [2.75, 3.05) is 17.2 Å². The van der Waals surface area contributed by atoms with Gasteiger partial charge in [-0.1, -0.05) is 44.5 Å². The molecule has 0 heterocycles. The van der Waals surface area contributed by atoms with Crippen molar-refractivity contribution >= 4 is 34.8 Å². The molecule has 3 aromatic rings. The van der Waals surface area contributed by atoms with Crippen molar-refractivity contribution in [1.82, 2.24) is 0 Å². The van der Waals surface area contributed by atoms with Crippen LogP contribution in [0.2, 0.25) is 5.02 Å². The fourth-order valence-corrected chi connectivity index (χ4v) is 3.41. The second-order valence-electron chi connectivity index (χ2n) is 9.07. The molecule has 0 radical (unpaired) electrons. The monoisotopic (exact) mass is 464 g/mol. The maximum absolute atomic E-state index is 12.5. The highest BCUT2D eigenvalue weighted by Gasteiger charge is 2.14. The average molecular weight is 465 g/mol. The summed E-state index contributed by atoms with van der Waals surface area (Å²) in [5.41, 5.74) is 4.84. The van der Waals surface area contributed by atoms with Crippen LogP contribution >= 0.6 is 11.6 Å². The molecule has 0 fully saturated rings. The molecule has 2 N–H and O–H groups in total. The number of hydrogen-bond acceptors (Lipinski definition) is 3. The third-order valence-corrected chi connectivity index (χ3v) is 5.82. The summed E-state index contributed by atoms with van der Waals surface area (Å²) < 4.78 is 5.58. The number of carbonyl (C=O) groups excluding carboxylic acids is 2. The molecule has 0 bridgehead atoms. The number of carbonyl (C=O) groups is 2. The molecule has 0 spiro atoms. The fourth-order valence-electron chi connectivity index (χ4n) is 3.30. The van der Waals surface area contributed by atoms with Gasteiger partial charge in [0, 0.05) is 22.0 Å². The Labute approximate surface area is 200 Å². The quantitative estimate of drug-likeness (QED) is 0.436. The zero-order valence-electron chi connectivity index (χ0n) is 19.6. The van der Waals surface area contributed by atoms with Crippen molar-refractivity contribution in [3.8, 4) is 5.75 Å². The van der Waals surface area contributed by atoms with Gasteiger partial charge in [0.15, 0.2) is 6.61 Å². The molecule has 0 aliphatic heterocycles. The van der Waals surface area contributed by atoms with Crippen molar-refractivity contribution in [3.63, 3.8) is 0 Å². The highest BCUT2D eigenvalue weighted by Crippen LogP contribution is 2.26. The Balaban J connectivity index is 1.53. The molecule has 0 aliphatic rings. The van der Waals surface area contributed by atoms with Gasteiger partial charge in [0.2, 0.25) is 0 Å². The van der Waals surface area contributed by atoms with Crippen molar-refractivity contribution in [1.29, 1.82) is 0 Å². The molecule has 6 heteroatoms. The summed E-state index contributed by atoms with van der Waals surface area (Å²) in [5, 5.41) is 6.35. The van der Waals surface area contributed by atoms with Gasteiger partial charge in [0.25, 0.3) is 11.8 Å². The Morgan fingerprint density at radius 3 is 1.88 bits per heavy atom. The first-order valence-corrected chi connectivity index (χ1v) is 11.1. The van der Waals surface area contributed by atoms with E-state index < -0.39 is 0 Å². The van der Waals surface area contributed by atoms with E-state index in [4.69, 9.17) is 16.3 Å². The van der Waals surface area contributed by atoms with Gasteiger partial charge in [-0.2, -0.15) is 0 Å². The summed E-state index contributed by atoms with van der Waals surface area (Å²) in [7, 11) is 0. The Morgan fingerprint density at radius 2 is 1.36 bits per heavy atom. The summed E-state index contributed by atoms with van der Waals surface area (Å²) in [5.74, 6) is 0.128. The molecule has 0 aromatic heterocycles. The van der Waals surface area contributed by atoms with Crippen LogP contribution in [0.4, 0.5) is 11.4 Å². The van der Waals surface area contributed by atoms with Gasteiger partial charge in [0.05, 0.1) is 0 Å². The lowest BCUT2D eigenvalue weighted by Crippen LogP contribution is -2.20. The summed E-state index contributed by atoms with van der Waals surface area (Å²) in [6.07, 6.45) is 0. The maximum atomic E-state index is 12.5. The Kier molecular flexibility index (Phi) is 7.44. The Morgan fingerprint density at radius 1 is 0.848 bits per heavy atom. The van der Waals surface area contributed by atoms with Crippen LogP contribution in [0.25, 0.3) is 0 Å². The van der Waals surface area contributed by atoms with E-state index in [2.05, 4.69) is 31.4 Å². The summed E-state index contributed by atoms with van der Waals surface area (Å²) in [6, 6.07) is 18.1. The molecule has 0 atom stereocenters. The molecule has 2 amide bonds. The van der Waals surface area contributed by atoms with E-state index in [1.165, 1.54) is 5.56 Å². The molecule has 0 aliphatic carbocycles. The normalized spacial score (nSPS) is 11.1. The molecule has 0 saturated carbocycles. The van der Waals surface area contributed by atoms with Crippen molar-refractivity contribution < 1.29 is 14.3 Å². The van der Waals surface area contributed by atoms with Crippen LogP contribution < -0.4 is 15.4 Å². The minimum Gasteiger partial charge on any atom is -0.484 e. The van der Waals surface area contributed by atoms with E-state index in [9.17, 15) is 9.59 Å². The first-order chi connectivity index (χ1) is 15.5. The van der Waals surface area contributed by atoms with Crippen LogP contribution in [0.5, 0.6) is 5.75 Å². The van der Waals surface area contributed by atoms with E-state index in [1.807, 2.05) is 38.1 Å². The number of hydrogen-bond donors (Lipinski definition) is 2. The van der Waals surface area contributed by atoms with Gasteiger partial charge in [-0.25, -0.2) is 0 Å². The van der Waals surface area contributed by atoms with Crippen LogP contribution in [0.3, 0.4) is 0 Å². The number of halogens is 1. The number of rotatable bonds is 6. The van der Waals surface area contributed by atoms with Crippen molar-refractivity contribution in [2.24, 2.45) is 0 Å². The standard InChI is InChI=1S/C27H29ClN2O3/c1-17-14-23(15-18(2)25(17)28)33-16-24(31)29-21-10-12-22(13-11-21)30-26(32)19-6-8-20(9-7-19)27(3,4)5/h6-15H,16H2,1-5H3,(H,29,31)(H,30,32). The number of ether oxygens (including phenoxy) is 1. The Bertz CT molecular complexity index is 1120. The van der Waals surface area contributed by atoms with Crippen molar-refractivity contribution in [3.05, 3.63) is 87.9 Å². The first kappa shape index (κ1) is 24.3. The molecule has 0 saturated heterocycles. The topological polar surface area (TPSA) is 67.4 Å². The Hall–Kier alpha value is -3.31. The first-order valence-electron chi connectivity index (χ1n) is 10.7. The molecular formula is C27H29ClN2O3. The van der Waals surface area contributed by atoms with Gasteiger partial charge < -0.3 is 15.4 Å². The highest BCUT2D eigenvalue weighted by molar-refractivity contribution is 6.32. The third-order valence-electron chi connectivity index (χ3n) is 5.22. The fraction of sp³-hybridized carbons (Fsp3) is 0.259. The molecular weight excluding hydrogens is 436 g/mol. The minimum atomic E-state index is -0.282. The average Bonchev–Trinajstić information content (AvgIpc) is 2.76. The number of benzene rings is 3. The predicted molar refractivity (Wildman–Crippen MR) is 135 cm³/mol. The lowest BCUT2D eigenvalue weighted by Gasteiger charge is -2.19. The van der Waals surface area contributed by atoms with Crippen LogP contribution in [0, 0.1) is 13.8 Å². The zero-order valence-corrected chi connectivity index (χ0v) is 20.3. The predicted octanol–water partition coefficient (Wildman–Crippen LogP) is 6.52.